The summed E-state index contributed by atoms with van der Waals surface area (Å²) in [6.07, 6.45) is 5.26. The van der Waals surface area contributed by atoms with Crippen molar-refractivity contribution >= 4 is 5.71 Å². The van der Waals surface area contributed by atoms with Crippen LogP contribution in [0.3, 0.4) is 0 Å². The second kappa shape index (κ2) is 12.7. The van der Waals surface area contributed by atoms with Gasteiger partial charge in [-0.3, -0.25) is 9.89 Å². The maximum Gasteiger partial charge on any atom is 0.0651 e. The molecular weight excluding hydrogens is 346 g/mol. The molecule has 0 spiro atoms. The van der Waals surface area contributed by atoms with Gasteiger partial charge < -0.3 is 10.1 Å². The van der Waals surface area contributed by atoms with Gasteiger partial charge in [0, 0.05) is 32.7 Å². The third-order valence-electron chi connectivity index (χ3n) is 5.15. The van der Waals surface area contributed by atoms with Crippen molar-refractivity contribution in [1.29, 1.82) is 0 Å². The quantitative estimate of drug-likeness (QED) is 0.372. The van der Waals surface area contributed by atoms with Crippen LogP contribution in [0.1, 0.15) is 39.7 Å². The van der Waals surface area contributed by atoms with Crippen LogP contribution in [0.15, 0.2) is 58.7 Å². The van der Waals surface area contributed by atoms with Crippen molar-refractivity contribution in [3.8, 4) is 0 Å². The van der Waals surface area contributed by atoms with Crippen LogP contribution in [0.4, 0.5) is 0 Å². The van der Waals surface area contributed by atoms with Crippen molar-refractivity contribution in [3.05, 3.63) is 59.3 Å². The molecule has 1 unspecified atom stereocenters. The van der Waals surface area contributed by atoms with E-state index in [9.17, 15) is 0 Å². The molecule has 4 nitrogen and oxygen atoms in total. The predicted molar refractivity (Wildman–Crippen MR) is 120 cm³/mol. The summed E-state index contributed by atoms with van der Waals surface area (Å²) in [5.41, 5.74) is 4.61. The highest BCUT2D eigenvalue weighted by atomic mass is 16.5. The number of rotatable bonds is 10. The molecule has 1 saturated heterocycles. The van der Waals surface area contributed by atoms with E-state index in [1.807, 2.05) is 0 Å². The molecule has 0 saturated carbocycles. The number of nitrogens with zero attached hydrogens (tertiary/aromatic N) is 2. The van der Waals surface area contributed by atoms with Gasteiger partial charge in [0.05, 0.1) is 24.6 Å². The largest absolute Gasteiger partial charge is 0.376 e. The molecule has 1 fully saturated rings. The molecule has 0 amide bonds. The Morgan fingerprint density at radius 2 is 1.93 bits per heavy atom. The lowest BCUT2D eigenvalue weighted by Crippen LogP contribution is -2.44. The molecule has 28 heavy (non-hydrogen) atoms. The van der Waals surface area contributed by atoms with Crippen LogP contribution in [0.5, 0.6) is 0 Å². The Balaban J connectivity index is 1.94. The summed E-state index contributed by atoms with van der Waals surface area (Å²) in [7, 11) is 0. The van der Waals surface area contributed by atoms with E-state index in [0.717, 1.165) is 57.2 Å². The number of ether oxygens (including phenoxy) is 1. The van der Waals surface area contributed by atoms with Gasteiger partial charge in [0.25, 0.3) is 0 Å². The Labute approximate surface area is 171 Å². The van der Waals surface area contributed by atoms with E-state index < -0.39 is 0 Å². The summed E-state index contributed by atoms with van der Waals surface area (Å²) in [5, 5.41) is 3.38. The topological polar surface area (TPSA) is 36.9 Å². The fourth-order valence-corrected chi connectivity index (χ4v) is 3.15. The van der Waals surface area contributed by atoms with E-state index in [4.69, 9.17) is 9.73 Å². The molecule has 0 radical (unpaired) electrons. The molecule has 2 rings (SSSR count). The lowest BCUT2D eigenvalue weighted by molar-refractivity contribution is 0.118. The molecule has 1 aliphatic rings. The highest BCUT2D eigenvalue weighted by Gasteiger charge is 2.12. The Kier molecular flexibility index (Phi) is 10.2. The van der Waals surface area contributed by atoms with Gasteiger partial charge >= 0.3 is 0 Å². The summed E-state index contributed by atoms with van der Waals surface area (Å²) >= 11 is 0. The third-order valence-corrected chi connectivity index (χ3v) is 5.15. The van der Waals surface area contributed by atoms with E-state index >= 15 is 0 Å². The molecule has 1 aromatic carbocycles. The van der Waals surface area contributed by atoms with E-state index in [-0.39, 0.29) is 0 Å². The lowest BCUT2D eigenvalue weighted by Gasteiger charge is -2.26. The molecule has 0 bridgehead atoms. The SMILES string of the molecule is CCC(C)C(=NC(/C=C\COCCN1CCNCC1)=C(C)C)c1ccccc1. The van der Waals surface area contributed by atoms with Gasteiger partial charge in [-0.25, -0.2) is 0 Å². The first-order valence-electron chi connectivity index (χ1n) is 10.6. The van der Waals surface area contributed by atoms with E-state index in [0.29, 0.717) is 12.5 Å². The average Bonchev–Trinajstić information content (AvgIpc) is 2.73. The number of hydrogen-bond acceptors (Lipinski definition) is 4. The first-order chi connectivity index (χ1) is 13.6. The molecule has 0 aromatic heterocycles. The minimum Gasteiger partial charge on any atom is -0.376 e. The highest BCUT2D eigenvalue weighted by Crippen LogP contribution is 2.17. The van der Waals surface area contributed by atoms with Crippen LogP contribution >= 0.6 is 0 Å². The van der Waals surface area contributed by atoms with E-state index in [2.05, 4.69) is 80.4 Å². The van der Waals surface area contributed by atoms with E-state index in [1.54, 1.807) is 0 Å². The smallest absolute Gasteiger partial charge is 0.0651 e. The minimum atomic E-state index is 0.417. The van der Waals surface area contributed by atoms with Gasteiger partial charge in [-0.2, -0.15) is 0 Å². The Hall–Kier alpha value is -1.75. The van der Waals surface area contributed by atoms with Gasteiger partial charge in [-0.15, -0.1) is 0 Å². The highest BCUT2D eigenvalue weighted by molar-refractivity contribution is 6.02. The first kappa shape index (κ1) is 22.5. The summed E-state index contributed by atoms with van der Waals surface area (Å²) in [5.74, 6) is 0.417. The zero-order valence-corrected chi connectivity index (χ0v) is 18.1. The lowest BCUT2D eigenvalue weighted by atomic mass is 9.96. The Morgan fingerprint density at radius 3 is 2.57 bits per heavy atom. The standard InChI is InChI=1S/C24H37N3O/c1-5-21(4)24(22-10-7-6-8-11-22)26-23(20(2)3)12-9-18-28-19-17-27-15-13-25-14-16-27/h6-12,21,25H,5,13-19H2,1-4H3/b12-9-,26-24?. The third kappa shape index (κ3) is 7.70. The van der Waals surface area contributed by atoms with Gasteiger partial charge in [-0.05, 0) is 37.8 Å². The van der Waals surface area contributed by atoms with Crippen LogP contribution < -0.4 is 5.32 Å². The van der Waals surface area contributed by atoms with Crippen LogP contribution in [0, 0.1) is 5.92 Å². The van der Waals surface area contributed by atoms with E-state index in [1.165, 1.54) is 11.1 Å². The fraction of sp³-hybridized carbons (Fsp3) is 0.542. The Bertz CT molecular complexity index is 654. The molecule has 1 aliphatic heterocycles. The minimum absolute atomic E-state index is 0.417. The molecule has 1 aromatic rings. The van der Waals surface area contributed by atoms with Crippen LogP contribution in [-0.4, -0.2) is 56.5 Å². The van der Waals surface area contributed by atoms with Crippen molar-refractivity contribution in [2.75, 3.05) is 45.9 Å². The maximum absolute atomic E-state index is 5.80. The summed E-state index contributed by atoms with van der Waals surface area (Å²) in [6, 6.07) is 10.5. The molecule has 154 valence electrons. The molecule has 1 N–H and O–H groups in total. The van der Waals surface area contributed by atoms with Gasteiger partial charge in [0.2, 0.25) is 0 Å². The van der Waals surface area contributed by atoms with Gasteiger partial charge in [0.1, 0.15) is 0 Å². The van der Waals surface area contributed by atoms with Gasteiger partial charge in [0.15, 0.2) is 0 Å². The average molecular weight is 384 g/mol. The molecule has 1 atom stereocenters. The van der Waals surface area contributed by atoms with Crippen LogP contribution in [-0.2, 0) is 4.74 Å². The van der Waals surface area contributed by atoms with Crippen molar-refractivity contribution in [1.82, 2.24) is 10.2 Å². The van der Waals surface area contributed by atoms with Crippen LogP contribution in [0.2, 0.25) is 0 Å². The zero-order valence-electron chi connectivity index (χ0n) is 18.1. The monoisotopic (exact) mass is 383 g/mol. The fourth-order valence-electron chi connectivity index (χ4n) is 3.15. The number of hydrogen-bond donors (Lipinski definition) is 1. The van der Waals surface area contributed by atoms with Crippen LogP contribution in [0.25, 0.3) is 0 Å². The Morgan fingerprint density at radius 1 is 1.21 bits per heavy atom. The second-order valence-corrected chi connectivity index (χ2v) is 7.63. The number of nitrogens with one attached hydrogen (secondary N) is 1. The summed E-state index contributed by atoms with van der Waals surface area (Å²) in [6.45, 7) is 15.5. The number of aliphatic imine (C=N–C) groups is 1. The molecule has 1 heterocycles. The molecular formula is C24H37N3O. The zero-order chi connectivity index (χ0) is 20.2. The number of allylic oxidation sites excluding steroid dienone is 2. The first-order valence-corrected chi connectivity index (χ1v) is 10.6. The second-order valence-electron chi connectivity index (χ2n) is 7.63. The van der Waals surface area contributed by atoms with Gasteiger partial charge in [-0.1, -0.05) is 55.8 Å². The molecule has 4 heteroatoms. The normalized spacial score (nSPS) is 17.1. The summed E-state index contributed by atoms with van der Waals surface area (Å²) in [4.78, 5) is 7.50. The van der Waals surface area contributed by atoms with Crippen molar-refractivity contribution in [2.45, 2.75) is 34.1 Å². The molecule has 0 aliphatic carbocycles. The van der Waals surface area contributed by atoms with Crippen molar-refractivity contribution in [2.24, 2.45) is 10.9 Å². The number of benzene rings is 1. The maximum atomic E-state index is 5.80. The number of piperazine rings is 1. The predicted octanol–water partition coefficient (Wildman–Crippen LogP) is 4.29. The summed E-state index contributed by atoms with van der Waals surface area (Å²) < 4.78 is 5.80. The van der Waals surface area contributed by atoms with Crippen molar-refractivity contribution < 1.29 is 4.74 Å². The van der Waals surface area contributed by atoms with Crippen molar-refractivity contribution in [3.63, 3.8) is 0 Å².